The zero-order valence-electron chi connectivity index (χ0n) is 10.3. The Kier molecular flexibility index (Phi) is 3.82. The predicted molar refractivity (Wildman–Crippen MR) is 68.7 cm³/mol. The van der Waals surface area contributed by atoms with Gasteiger partial charge in [-0.15, -0.1) is 0 Å². The van der Waals surface area contributed by atoms with Gasteiger partial charge in [0.05, 0.1) is 7.05 Å². The van der Waals surface area contributed by atoms with Crippen molar-refractivity contribution in [1.82, 2.24) is 4.57 Å². The lowest BCUT2D eigenvalue weighted by atomic mass is 10.1. The lowest BCUT2D eigenvalue weighted by molar-refractivity contribution is -0.687. The number of hydrogen-bond acceptors (Lipinski definition) is 0. The molecule has 0 aliphatic carbocycles. The third kappa shape index (κ3) is 2.62. The second kappa shape index (κ2) is 5.36. The number of imidazole rings is 1. The molecule has 0 N–H and O–H groups in total. The van der Waals surface area contributed by atoms with Gasteiger partial charge in [0.2, 0.25) is 6.33 Å². The quantitative estimate of drug-likeness (QED) is 0.566. The Morgan fingerprint density at radius 2 is 1.83 bits per heavy atom. The van der Waals surface area contributed by atoms with Crippen molar-refractivity contribution in [3.05, 3.63) is 66.7 Å². The van der Waals surface area contributed by atoms with Gasteiger partial charge in [-0.25, -0.2) is 9.13 Å². The smallest absolute Gasteiger partial charge is 0.243 e. The number of nitrogens with zero attached hydrogens (tertiary/aromatic N) is 2. The Bertz CT molecular complexity index is 658. The van der Waals surface area contributed by atoms with E-state index in [-0.39, 0.29) is 17.0 Å². The zero-order chi connectivity index (χ0) is 11.7. The van der Waals surface area contributed by atoms with Gasteiger partial charge in [0.15, 0.2) is 0 Å². The van der Waals surface area contributed by atoms with E-state index in [9.17, 15) is 0 Å². The molecule has 3 heteroatoms. The number of fused-ring (bicyclic) bond motifs is 1. The van der Waals surface area contributed by atoms with Gasteiger partial charge in [-0.3, -0.25) is 0 Å². The van der Waals surface area contributed by atoms with E-state index in [1.54, 1.807) is 0 Å². The van der Waals surface area contributed by atoms with Crippen LogP contribution in [0.1, 0.15) is 5.56 Å². The molecule has 0 amide bonds. The molecule has 18 heavy (non-hydrogen) atoms. The summed E-state index contributed by atoms with van der Waals surface area (Å²) in [5, 5.41) is 2.61. The first-order chi connectivity index (χ1) is 8.31. The number of hydrogen-bond donors (Lipinski definition) is 0. The fourth-order valence-corrected chi connectivity index (χ4v) is 2.14. The number of aromatic nitrogens is 2. The molecule has 92 valence electrons. The summed E-state index contributed by atoms with van der Waals surface area (Å²) in [5.74, 6) is 0. The Morgan fingerprint density at radius 1 is 1.06 bits per heavy atom. The third-order valence-corrected chi connectivity index (χ3v) is 3.00. The van der Waals surface area contributed by atoms with E-state index in [1.165, 1.54) is 16.3 Å². The maximum atomic E-state index is 2.26. The van der Waals surface area contributed by atoms with Crippen molar-refractivity contribution < 1.29 is 21.5 Å². The van der Waals surface area contributed by atoms with E-state index < -0.39 is 0 Å². The summed E-state index contributed by atoms with van der Waals surface area (Å²) >= 11 is 0. The predicted octanol–water partition coefficient (Wildman–Crippen LogP) is -0.482. The number of halogens is 1. The van der Waals surface area contributed by atoms with Crippen LogP contribution in [0.25, 0.3) is 10.8 Å². The zero-order valence-corrected chi connectivity index (χ0v) is 11.8. The average molecular weight is 303 g/mol. The molecule has 0 fully saturated rings. The van der Waals surface area contributed by atoms with Gasteiger partial charge in [-0.2, -0.15) is 0 Å². The number of aryl methyl sites for hydroxylation is 1. The first kappa shape index (κ1) is 12.8. The van der Waals surface area contributed by atoms with Gasteiger partial charge in [0, 0.05) is 0 Å². The molecular weight excluding hydrogens is 288 g/mol. The summed E-state index contributed by atoms with van der Waals surface area (Å²) in [6.45, 7) is 0.922. The van der Waals surface area contributed by atoms with Crippen LogP contribution in [0.2, 0.25) is 0 Å². The maximum absolute atomic E-state index is 2.26. The highest BCUT2D eigenvalue weighted by atomic mass is 79.9. The minimum Gasteiger partial charge on any atom is -1.00 e. The minimum atomic E-state index is 0. The number of benzene rings is 2. The van der Waals surface area contributed by atoms with Crippen molar-refractivity contribution in [2.45, 2.75) is 6.54 Å². The van der Waals surface area contributed by atoms with Crippen LogP contribution in [-0.4, -0.2) is 4.57 Å². The molecule has 3 aromatic rings. The van der Waals surface area contributed by atoms with Crippen LogP contribution >= 0.6 is 0 Å². The average Bonchev–Trinajstić information content (AvgIpc) is 2.75. The van der Waals surface area contributed by atoms with Crippen LogP contribution < -0.4 is 21.5 Å². The van der Waals surface area contributed by atoms with Gasteiger partial charge in [-0.1, -0.05) is 36.4 Å². The fourth-order valence-electron chi connectivity index (χ4n) is 2.14. The summed E-state index contributed by atoms with van der Waals surface area (Å²) in [6, 6.07) is 15.1. The Morgan fingerprint density at radius 3 is 2.56 bits per heavy atom. The van der Waals surface area contributed by atoms with Crippen LogP contribution in [0.15, 0.2) is 61.2 Å². The summed E-state index contributed by atoms with van der Waals surface area (Å²) in [4.78, 5) is 0. The molecule has 0 saturated carbocycles. The summed E-state index contributed by atoms with van der Waals surface area (Å²) in [6.07, 6.45) is 6.24. The highest BCUT2D eigenvalue weighted by molar-refractivity contribution is 5.82. The molecule has 0 radical (unpaired) electrons. The molecule has 2 nitrogen and oxygen atoms in total. The highest BCUT2D eigenvalue weighted by Gasteiger charge is 2.02. The normalized spacial score (nSPS) is 10.3. The SMILES string of the molecule is Cn1cc[n+](Cc2ccc3ccccc3c2)c1.[Br-]. The molecular formula is C15H15BrN2. The van der Waals surface area contributed by atoms with Crippen LogP contribution in [0.5, 0.6) is 0 Å². The minimum absolute atomic E-state index is 0. The molecule has 1 heterocycles. The topological polar surface area (TPSA) is 8.81 Å². The summed E-state index contributed by atoms with van der Waals surface area (Å²) in [7, 11) is 2.04. The van der Waals surface area contributed by atoms with Gasteiger partial charge in [-0.05, 0) is 22.4 Å². The fraction of sp³-hybridized carbons (Fsp3) is 0.133. The van der Waals surface area contributed by atoms with Gasteiger partial charge < -0.3 is 17.0 Å². The molecule has 1 aromatic heterocycles. The molecule has 2 aromatic carbocycles. The highest BCUT2D eigenvalue weighted by Crippen LogP contribution is 2.15. The van der Waals surface area contributed by atoms with Crippen molar-refractivity contribution in [2.75, 3.05) is 0 Å². The lowest BCUT2D eigenvalue weighted by Gasteiger charge is -2.01. The van der Waals surface area contributed by atoms with E-state index in [2.05, 4.69) is 70.3 Å². The van der Waals surface area contributed by atoms with Crippen molar-refractivity contribution in [3.63, 3.8) is 0 Å². The Labute approximate surface area is 117 Å². The number of rotatable bonds is 2. The standard InChI is InChI=1S/C15H15N2.BrH/c1-16-8-9-17(12-16)11-13-6-7-14-4-2-3-5-15(14)10-13;/h2-10,12H,11H2,1H3;1H/q+1;/p-1. The largest absolute Gasteiger partial charge is 1.00 e. The van der Waals surface area contributed by atoms with Crippen molar-refractivity contribution in [3.8, 4) is 0 Å². The van der Waals surface area contributed by atoms with E-state index in [0.717, 1.165) is 6.54 Å². The Balaban J connectivity index is 0.00000120. The summed E-state index contributed by atoms with van der Waals surface area (Å²) < 4.78 is 4.24. The second-order valence-corrected chi connectivity index (χ2v) is 4.43. The van der Waals surface area contributed by atoms with Gasteiger partial charge in [0.25, 0.3) is 0 Å². The van der Waals surface area contributed by atoms with Crippen molar-refractivity contribution in [2.24, 2.45) is 7.05 Å². The van der Waals surface area contributed by atoms with E-state index in [4.69, 9.17) is 0 Å². The molecule has 0 aliphatic rings. The molecule has 3 rings (SSSR count). The maximum Gasteiger partial charge on any atom is 0.243 e. The third-order valence-electron chi connectivity index (χ3n) is 3.00. The molecule has 0 spiro atoms. The molecule has 0 atom stereocenters. The lowest BCUT2D eigenvalue weighted by Crippen LogP contribution is -3.00. The second-order valence-electron chi connectivity index (χ2n) is 4.43. The molecule has 0 saturated heterocycles. The van der Waals surface area contributed by atoms with Crippen LogP contribution in [0.4, 0.5) is 0 Å². The van der Waals surface area contributed by atoms with Crippen LogP contribution in [-0.2, 0) is 13.6 Å². The van der Waals surface area contributed by atoms with E-state index in [1.807, 2.05) is 7.05 Å². The summed E-state index contributed by atoms with van der Waals surface area (Å²) in [5.41, 5.74) is 1.33. The van der Waals surface area contributed by atoms with E-state index in [0.29, 0.717) is 0 Å². The van der Waals surface area contributed by atoms with Crippen molar-refractivity contribution >= 4 is 10.8 Å². The first-order valence-electron chi connectivity index (χ1n) is 5.80. The molecule has 0 unspecified atom stereocenters. The monoisotopic (exact) mass is 302 g/mol. The van der Waals surface area contributed by atoms with Gasteiger partial charge in [0.1, 0.15) is 18.9 Å². The molecule has 0 bridgehead atoms. The van der Waals surface area contributed by atoms with Crippen LogP contribution in [0.3, 0.4) is 0 Å². The van der Waals surface area contributed by atoms with Gasteiger partial charge >= 0.3 is 0 Å². The first-order valence-corrected chi connectivity index (χ1v) is 5.80. The van der Waals surface area contributed by atoms with E-state index >= 15 is 0 Å². The molecule has 0 aliphatic heterocycles. The van der Waals surface area contributed by atoms with Crippen molar-refractivity contribution in [1.29, 1.82) is 0 Å². The van der Waals surface area contributed by atoms with Crippen LogP contribution in [0, 0.1) is 0 Å². The Hall–Kier alpha value is -1.61.